The molecule has 0 fully saturated rings. The molecule has 0 unspecified atom stereocenters. The Morgan fingerprint density at radius 3 is 2.56 bits per heavy atom. The summed E-state index contributed by atoms with van der Waals surface area (Å²) in [7, 11) is 0. The molecule has 0 spiro atoms. The third kappa shape index (κ3) is 6.73. The van der Waals surface area contributed by atoms with Crippen LogP contribution in [0.15, 0.2) is 41.5 Å². The average molecular weight is 406 g/mol. The van der Waals surface area contributed by atoms with Crippen LogP contribution in [0.1, 0.15) is 36.5 Å². The number of nitrogens with one attached hydrogen (secondary N) is 1. The first kappa shape index (κ1) is 21.0. The third-order valence-electron chi connectivity index (χ3n) is 3.74. The molecule has 0 aromatic heterocycles. The topological polar surface area (TPSA) is 68.9 Å². The summed E-state index contributed by atoms with van der Waals surface area (Å²) < 4.78 is 11.8. The molecule has 0 bridgehead atoms. The molecule has 144 valence electrons. The average Bonchev–Trinajstić information content (AvgIpc) is 2.59. The smallest absolute Gasteiger partial charge is 0.184 e. The van der Waals surface area contributed by atoms with Crippen LogP contribution in [0.5, 0.6) is 11.5 Å². The highest BCUT2D eigenvalue weighted by molar-refractivity contribution is 7.80. The van der Waals surface area contributed by atoms with E-state index in [1.807, 2.05) is 6.92 Å². The molecular formula is C20H24ClN3O2S. The Bertz CT molecular complexity index is 825. The molecule has 2 aromatic carbocycles. The van der Waals surface area contributed by atoms with Gasteiger partial charge < -0.3 is 15.2 Å². The van der Waals surface area contributed by atoms with Gasteiger partial charge in [-0.3, -0.25) is 5.43 Å². The Morgan fingerprint density at radius 2 is 1.89 bits per heavy atom. The standard InChI is InChI=1S/C20H24ClN3O2S/c1-13(2)17-6-4-14(3)10-19(17)26-9-8-25-18-7-5-16(21)11-15(18)12-23-24-20(22)27/h4-7,10-13H,8-9H2,1-3H3,(H3,22,24,27). The van der Waals surface area contributed by atoms with E-state index in [1.54, 1.807) is 24.4 Å². The van der Waals surface area contributed by atoms with Crippen molar-refractivity contribution >= 4 is 35.1 Å². The van der Waals surface area contributed by atoms with Crippen molar-refractivity contribution in [3.63, 3.8) is 0 Å². The molecular weight excluding hydrogens is 382 g/mol. The summed E-state index contributed by atoms with van der Waals surface area (Å²) in [4.78, 5) is 0. The molecule has 2 rings (SSSR count). The summed E-state index contributed by atoms with van der Waals surface area (Å²) in [5.74, 6) is 1.93. The van der Waals surface area contributed by atoms with Crippen LogP contribution < -0.4 is 20.6 Å². The van der Waals surface area contributed by atoms with E-state index in [0.29, 0.717) is 35.5 Å². The van der Waals surface area contributed by atoms with E-state index in [9.17, 15) is 0 Å². The van der Waals surface area contributed by atoms with E-state index in [4.69, 9.17) is 39.0 Å². The molecule has 0 radical (unpaired) electrons. The summed E-state index contributed by atoms with van der Waals surface area (Å²) in [6, 6.07) is 11.6. The number of hydrazone groups is 1. The normalized spacial score (nSPS) is 11.0. The molecule has 0 saturated carbocycles. The number of benzene rings is 2. The minimum atomic E-state index is 0.0863. The number of ether oxygens (including phenoxy) is 2. The quantitative estimate of drug-likeness (QED) is 0.295. The number of halogens is 1. The zero-order chi connectivity index (χ0) is 19.8. The fourth-order valence-corrected chi connectivity index (χ4v) is 2.70. The SMILES string of the molecule is Cc1ccc(C(C)C)c(OCCOc2ccc(Cl)cc2C=NNC(N)=S)c1. The zero-order valence-electron chi connectivity index (χ0n) is 15.7. The maximum absolute atomic E-state index is 6.05. The largest absolute Gasteiger partial charge is 0.490 e. The molecule has 0 aliphatic heterocycles. The first-order valence-corrected chi connectivity index (χ1v) is 9.39. The highest BCUT2D eigenvalue weighted by Crippen LogP contribution is 2.27. The number of nitrogens with zero attached hydrogens (tertiary/aromatic N) is 1. The van der Waals surface area contributed by atoms with E-state index in [-0.39, 0.29) is 5.11 Å². The Labute approximate surface area is 170 Å². The Kier molecular flexibility index (Phi) is 7.88. The van der Waals surface area contributed by atoms with Crippen LogP contribution in [0.2, 0.25) is 5.02 Å². The lowest BCUT2D eigenvalue weighted by molar-refractivity contribution is 0.215. The van der Waals surface area contributed by atoms with Crippen LogP contribution in [-0.4, -0.2) is 24.5 Å². The maximum Gasteiger partial charge on any atom is 0.184 e. The Balaban J connectivity index is 1.99. The van der Waals surface area contributed by atoms with Crippen molar-refractivity contribution in [2.45, 2.75) is 26.7 Å². The molecule has 0 heterocycles. The first-order chi connectivity index (χ1) is 12.9. The summed E-state index contributed by atoms with van der Waals surface area (Å²) in [6.45, 7) is 7.15. The summed E-state index contributed by atoms with van der Waals surface area (Å²) in [6.07, 6.45) is 1.55. The second-order valence-electron chi connectivity index (χ2n) is 6.31. The van der Waals surface area contributed by atoms with Crippen LogP contribution in [0, 0.1) is 6.92 Å². The summed E-state index contributed by atoms with van der Waals surface area (Å²) in [5.41, 5.74) is 10.9. The van der Waals surface area contributed by atoms with Gasteiger partial charge in [-0.2, -0.15) is 5.10 Å². The molecule has 0 aliphatic carbocycles. The van der Waals surface area contributed by atoms with E-state index >= 15 is 0 Å². The number of thiocarbonyl (C=S) groups is 1. The van der Waals surface area contributed by atoms with Gasteiger partial charge in [0.25, 0.3) is 0 Å². The number of aryl methyl sites for hydroxylation is 1. The Hall–Kier alpha value is -2.31. The van der Waals surface area contributed by atoms with E-state index in [2.05, 4.69) is 42.6 Å². The molecule has 2 aromatic rings. The first-order valence-electron chi connectivity index (χ1n) is 8.61. The monoisotopic (exact) mass is 405 g/mol. The maximum atomic E-state index is 6.05. The van der Waals surface area contributed by atoms with Gasteiger partial charge in [0.15, 0.2) is 5.11 Å². The minimum Gasteiger partial charge on any atom is -0.490 e. The van der Waals surface area contributed by atoms with Crippen LogP contribution in [0.25, 0.3) is 0 Å². The molecule has 27 heavy (non-hydrogen) atoms. The number of hydrogen-bond acceptors (Lipinski definition) is 4. The second kappa shape index (κ2) is 10.1. The molecule has 0 amide bonds. The minimum absolute atomic E-state index is 0.0863. The van der Waals surface area contributed by atoms with Crippen molar-refractivity contribution < 1.29 is 9.47 Å². The van der Waals surface area contributed by atoms with Gasteiger partial charge in [-0.15, -0.1) is 0 Å². The zero-order valence-corrected chi connectivity index (χ0v) is 17.2. The highest BCUT2D eigenvalue weighted by Gasteiger charge is 2.09. The van der Waals surface area contributed by atoms with Gasteiger partial charge in [-0.05, 0) is 60.5 Å². The van der Waals surface area contributed by atoms with E-state index in [1.165, 1.54) is 5.56 Å². The lowest BCUT2D eigenvalue weighted by Gasteiger charge is -2.15. The van der Waals surface area contributed by atoms with Gasteiger partial charge in [0.05, 0.1) is 6.21 Å². The van der Waals surface area contributed by atoms with Gasteiger partial charge in [0, 0.05) is 10.6 Å². The third-order valence-corrected chi connectivity index (χ3v) is 4.07. The van der Waals surface area contributed by atoms with E-state index in [0.717, 1.165) is 11.3 Å². The van der Waals surface area contributed by atoms with Gasteiger partial charge in [0.1, 0.15) is 24.7 Å². The van der Waals surface area contributed by atoms with Crippen LogP contribution >= 0.6 is 23.8 Å². The number of nitrogens with two attached hydrogens (primary N) is 1. The lowest BCUT2D eigenvalue weighted by atomic mass is 10.0. The van der Waals surface area contributed by atoms with Crippen LogP contribution in [-0.2, 0) is 0 Å². The van der Waals surface area contributed by atoms with Crippen molar-refractivity contribution in [3.05, 3.63) is 58.1 Å². The molecule has 0 saturated heterocycles. The van der Waals surface area contributed by atoms with Crippen molar-refractivity contribution in [3.8, 4) is 11.5 Å². The predicted molar refractivity (Wildman–Crippen MR) is 115 cm³/mol. The summed E-state index contributed by atoms with van der Waals surface area (Å²) >= 11 is 10.8. The molecule has 3 N–H and O–H groups in total. The molecule has 7 heteroatoms. The lowest BCUT2D eigenvalue weighted by Crippen LogP contribution is -2.24. The predicted octanol–water partition coefficient (Wildman–Crippen LogP) is 4.40. The Morgan fingerprint density at radius 1 is 1.19 bits per heavy atom. The van der Waals surface area contributed by atoms with Crippen molar-refractivity contribution in [2.24, 2.45) is 10.8 Å². The van der Waals surface area contributed by atoms with Gasteiger partial charge in [-0.25, -0.2) is 0 Å². The van der Waals surface area contributed by atoms with Crippen LogP contribution in [0.4, 0.5) is 0 Å². The fraction of sp³-hybridized carbons (Fsp3) is 0.300. The molecule has 0 aliphatic rings. The molecule has 0 atom stereocenters. The van der Waals surface area contributed by atoms with Crippen LogP contribution in [0.3, 0.4) is 0 Å². The fourth-order valence-electron chi connectivity index (χ4n) is 2.46. The van der Waals surface area contributed by atoms with Gasteiger partial charge in [0.2, 0.25) is 0 Å². The van der Waals surface area contributed by atoms with Gasteiger partial charge in [-0.1, -0.05) is 37.6 Å². The number of hydrogen-bond donors (Lipinski definition) is 2. The van der Waals surface area contributed by atoms with Crippen molar-refractivity contribution in [1.29, 1.82) is 0 Å². The van der Waals surface area contributed by atoms with Gasteiger partial charge >= 0.3 is 0 Å². The van der Waals surface area contributed by atoms with Crippen molar-refractivity contribution in [2.75, 3.05) is 13.2 Å². The van der Waals surface area contributed by atoms with E-state index < -0.39 is 0 Å². The number of rotatable bonds is 8. The second-order valence-corrected chi connectivity index (χ2v) is 7.19. The van der Waals surface area contributed by atoms with Crippen molar-refractivity contribution in [1.82, 2.24) is 5.43 Å². The summed E-state index contributed by atoms with van der Waals surface area (Å²) in [5, 5.41) is 4.61. The highest BCUT2D eigenvalue weighted by atomic mass is 35.5. The molecule has 5 nitrogen and oxygen atoms in total.